The highest BCUT2D eigenvalue weighted by Gasteiger charge is 2.32. The fraction of sp³-hybridized carbons (Fsp3) is 0.917. The highest BCUT2D eigenvalue weighted by molar-refractivity contribution is 5.66. The molecule has 0 radical (unpaired) electrons. The van der Waals surface area contributed by atoms with Crippen molar-refractivity contribution in [3.05, 3.63) is 0 Å². The maximum Gasteiger partial charge on any atom is 0.303 e. The highest BCUT2D eigenvalue weighted by Crippen LogP contribution is 2.43. The maximum absolute atomic E-state index is 10.4. The van der Waals surface area contributed by atoms with Crippen molar-refractivity contribution >= 4 is 5.97 Å². The molecule has 0 aromatic carbocycles. The first-order valence-corrected chi connectivity index (χ1v) is 5.61. The minimum atomic E-state index is -0.649. The van der Waals surface area contributed by atoms with Crippen molar-refractivity contribution in [3.8, 4) is 0 Å². The van der Waals surface area contributed by atoms with Crippen LogP contribution in [0.5, 0.6) is 0 Å². The molecule has 0 aromatic rings. The Morgan fingerprint density at radius 1 is 1.36 bits per heavy atom. The predicted molar refractivity (Wildman–Crippen MR) is 57.2 cm³/mol. The maximum atomic E-state index is 10.4. The number of rotatable bonds is 3. The highest BCUT2D eigenvalue weighted by atomic mass is 16.4. The molecular weight excluding hydrogens is 176 g/mol. The van der Waals surface area contributed by atoms with Gasteiger partial charge in [-0.05, 0) is 36.5 Å². The summed E-state index contributed by atoms with van der Waals surface area (Å²) in [6.45, 7) is 6.87. The van der Waals surface area contributed by atoms with Gasteiger partial charge in [-0.1, -0.05) is 27.2 Å². The summed E-state index contributed by atoms with van der Waals surface area (Å²) in [6.07, 6.45) is 4.98. The smallest absolute Gasteiger partial charge is 0.303 e. The second-order valence-corrected chi connectivity index (χ2v) is 5.67. The molecular formula is C12H22O2. The predicted octanol–water partition coefficient (Wildman–Crippen LogP) is 3.31. The Morgan fingerprint density at radius 3 is 2.43 bits per heavy atom. The molecule has 0 aromatic heterocycles. The van der Waals surface area contributed by atoms with Crippen LogP contribution in [-0.2, 0) is 4.79 Å². The number of aliphatic carboxylic acids is 1. The van der Waals surface area contributed by atoms with Crippen molar-refractivity contribution in [2.45, 2.75) is 52.9 Å². The van der Waals surface area contributed by atoms with Crippen molar-refractivity contribution in [1.29, 1.82) is 0 Å². The molecule has 1 saturated carbocycles. The van der Waals surface area contributed by atoms with Crippen LogP contribution in [0.15, 0.2) is 0 Å². The van der Waals surface area contributed by atoms with Gasteiger partial charge in [0.25, 0.3) is 0 Å². The first-order chi connectivity index (χ1) is 6.39. The zero-order valence-corrected chi connectivity index (χ0v) is 9.55. The van der Waals surface area contributed by atoms with E-state index in [2.05, 4.69) is 20.8 Å². The average molecular weight is 198 g/mol. The number of carboxylic acid groups (broad SMARTS) is 1. The largest absolute Gasteiger partial charge is 0.481 e. The SMILES string of the molecule is CC(C)(C)C1CCC(CCC(=O)O)C1. The van der Waals surface area contributed by atoms with E-state index in [4.69, 9.17) is 5.11 Å². The van der Waals surface area contributed by atoms with Crippen LogP contribution in [0.1, 0.15) is 52.9 Å². The molecule has 2 atom stereocenters. The van der Waals surface area contributed by atoms with Gasteiger partial charge in [-0.25, -0.2) is 0 Å². The van der Waals surface area contributed by atoms with Gasteiger partial charge in [-0.15, -0.1) is 0 Å². The molecule has 0 saturated heterocycles. The van der Waals surface area contributed by atoms with E-state index in [1.807, 2.05) is 0 Å². The van der Waals surface area contributed by atoms with Crippen LogP contribution in [-0.4, -0.2) is 11.1 Å². The van der Waals surface area contributed by atoms with E-state index in [0.717, 1.165) is 12.3 Å². The summed E-state index contributed by atoms with van der Waals surface area (Å²) in [4.78, 5) is 10.4. The number of carbonyl (C=O) groups is 1. The van der Waals surface area contributed by atoms with Crippen LogP contribution in [0.2, 0.25) is 0 Å². The number of hydrogen-bond donors (Lipinski definition) is 1. The van der Waals surface area contributed by atoms with Gasteiger partial charge in [0.05, 0.1) is 0 Å². The molecule has 1 N–H and O–H groups in total. The van der Waals surface area contributed by atoms with E-state index >= 15 is 0 Å². The Balaban J connectivity index is 2.31. The summed E-state index contributed by atoms with van der Waals surface area (Å²) in [5.74, 6) is 0.806. The molecule has 0 heterocycles. The molecule has 1 rings (SSSR count). The number of carboxylic acids is 1. The molecule has 1 aliphatic carbocycles. The summed E-state index contributed by atoms with van der Waals surface area (Å²) in [6, 6.07) is 0. The van der Waals surface area contributed by atoms with Gasteiger partial charge >= 0.3 is 5.97 Å². The standard InChI is InChI=1S/C12H22O2/c1-12(2,3)10-6-4-9(8-10)5-7-11(13)14/h9-10H,4-8H2,1-3H3,(H,13,14). The molecule has 1 aliphatic rings. The quantitative estimate of drug-likeness (QED) is 0.755. The molecule has 1 fully saturated rings. The summed E-state index contributed by atoms with van der Waals surface area (Å²) in [5.41, 5.74) is 0.401. The van der Waals surface area contributed by atoms with Gasteiger partial charge in [0, 0.05) is 6.42 Å². The average Bonchev–Trinajstić information content (AvgIpc) is 2.47. The lowest BCUT2D eigenvalue weighted by Crippen LogP contribution is -2.17. The normalized spacial score (nSPS) is 27.9. The van der Waals surface area contributed by atoms with Crippen LogP contribution in [0.3, 0.4) is 0 Å². The Kier molecular flexibility index (Phi) is 3.57. The lowest BCUT2D eigenvalue weighted by molar-refractivity contribution is -0.137. The minimum Gasteiger partial charge on any atom is -0.481 e. The van der Waals surface area contributed by atoms with E-state index in [1.165, 1.54) is 19.3 Å². The summed E-state index contributed by atoms with van der Waals surface area (Å²) >= 11 is 0. The Labute approximate surface area is 86.7 Å². The Bertz CT molecular complexity index is 203. The van der Waals surface area contributed by atoms with Gasteiger partial charge in [0.15, 0.2) is 0 Å². The summed E-state index contributed by atoms with van der Waals surface area (Å²) in [7, 11) is 0. The van der Waals surface area contributed by atoms with Gasteiger partial charge in [-0.3, -0.25) is 4.79 Å². The fourth-order valence-corrected chi connectivity index (χ4v) is 2.45. The van der Waals surface area contributed by atoms with E-state index in [9.17, 15) is 4.79 Å². The van der Waals surface area contributed by atoms with Crippen molar-refractivity contribution in [2.24, 2.45) is 17.3 Å². The lowest BCUT2D eigenvalue weighted by atomic mass is 9.79. The number of hydrogen-bond acceptors (Lipinski definition) is 1. The molecule has 0 bridgehead atoms. The molecule has 0 aliphatic heterocycles. The summed E-state index contributed by atoms with van der Waals surface area (Å²) in [5, 5.41) is 8.60. The third-order valence-corrected chi connectivity index (χ3v) is 3.53. The van der Waals surface area contributed by atoms with E-state index in [0.29, 0.717) is 17.8 Å². The third kappa shape index (κ3) is 3.32. The van der Waals surface area contributed by atoms with Crippen LogP contribution in [0, 0.1) is 17.3 Å². The van der Waals surface area contributed by atoms with E-state index < -0.39 is 5.97 Å². The van der Waals surface area contributed by atoms with E-state index in [1.54, 1.807) is 0 Å². The van der Waals surface area contributed by atoms with Crippen LogP contribution in [0.4, 0.5) is 0 Å². The van der Waals surface area contributed by atoms with Gasteiger partial charge in [-0.2, -0.15) is 0 Å². The molecule has 2 heteroatoms. The first kappa shape index (κ1) is 11.5. The molecule has 0 spiro atoms. The molecule has 14 heavy (non-hydrogen) atoms. The molecule has 2 unspecified atom stereocenters. The van der Waals surface area contributed by atoms with Gasteiger partial charge in [0.2, 0.25) is 0 Å². The zero-order chi connectivity index (χ0) is 10.8. The molecule has 82 valence electrons. The fourth-order valence-electron chi connectivity index (χ4n) is 2.45. The van der Waals surface area contributed by atoms with Crippen LogP contribution in [0.25, 0.3) is 0 Å². The Morgan fingerprint density at radius 2 is 2.00 bits per heavy atom. The van der Waals surface area contributed by atoms with Crippen molar-refractivity contribution in [3.63, 3.8) is 0 Å². The molecule has 2 nitrogen and oxygen atoms in total. The van der Waals surface area contributed by atoms with E-state index in [-0.39, 0.29) is 0 Å². The second-order valence-electron chi connectivity index (χ2n) is 5.67. The van der Waals surface area contributed by atoms with Crippen molar-refractivity contribution in [1.82, 2.24) is 0 Å². The van der Waals surface area contributed by atoms with Crippen molar-refractivity contribution in [2.75, 3.05) is 0 Å². The summed E-state index contributed by atoms with van der Waals surface area (Å²) < 4.78 is 0. The second kappa shape index (κ2) is 4.33. The van der Waals surface area contributed by atoms with Gasteiger partial charge < -0.3 is 5.11 Å². The van der Waals surface area contributed by atoms with Gasteiger partial charge in [0.1, 0.15) is 0 Å². The monoisotopic (exact) mass is 198 g/mol. The van der Waals surface area contributed by atoms with Crippen molar-refractivity contribution < 1.29 is 9.90 Å². The lowest BCUT2D eigenvalue weighted by Gasteiger charge is -2.26. The first-order valence-electron chi connectivity index (χ1n) is 5.61. The zero-order valence-electron chi connectivity index (χ0n) is 9.55. The minimum absolute atomic E-state index is 0.349. The molecule has 0 amide bonds. The van der Waals surface area contributed by atoms with Crippen LogP contribution >= 0.6 is 0 Å². The third-order valence-electron chi connectivity index (χ3n) is 3.53. The van der Waals surface area contributed by atoms with Crippen LogP contribution < -0.4 is 0 Å². The Hall–Kier alpha value is -0.530. The topological polar surface area (TPSA) is 37.3 Å².